The lowest BCUT2D eigenvalue weighted by atomic mass is 10.3. The standard InChI is InChI=1S/C9H15NO4/c1-3-13-8(11)5-7(10)6-9(12)14-4-2/h5H,3-4,6,10H2,1-2H3/b7-5-. The predicted octanol–water partition coefficient (Wildman–Crippen LogP) is 0.345. The minimum atomic E-state index is -0.547. The van der Waals surface area contributed by atoms with E-state index in [1.807, 2.05) is 0 Å². The smallest absolute Gasteiger partial charge is 0.332 e. The Hall–Kier alpha value is -1.52. The van der Waals surface area contributed by atoms with Crippen LogP contribution in [0.2, 0.25) is 0 Å². The van der Waals surface area contributed by atoms with E-state index in [4.69, 9.17) is 5.73 Å². The Morgan fingerprint density at radius 2 is 1.79 bits per heavy atom. The molecule has 0 radical (unpaired) electrons. The zero-order valence-corrected chi connectivity index (χ0v) is 8.41. The van der Waals surface area contributed by atoms with Crippen molar-refractivity contribution in [1.82, 2.24) is 0 Å². The van der Waals surface area contributed by atoms with Crippen molar-refractivity contribution in [3.63, 3.8) is 0 Å². The van der Waals surface area contributed by atoms with E-state index in [2.05, 4.69) is 9.47 Å². The number of rotatable bonds is 5. The topological polar surface area (TPSA) is 78.6 Å². The second-order valence-corrected chi connectivity index (χ2v) is 2.45. The predicted molar refractivity (Wildman–Crippen MR) is 50.2 cm³/mol. The Kier molecular flexibility index (Phi) is 6.19. The fraction of sp³-hybridized carbons (Fsp3) is 0.556. The van der Waals surface area contributed by atoms with Gasteiger partial charge in [-0.15, -0.1) is 0 Å². The molecule has 0 aliphatic rings. The number of hydrogen-bond acceptors (Lipinski definition) is 5. The van der Waals surface area contributed by atoms with Crippen LogP contribution >= 0.6 is 0 Å². The van der Waals surface area contributed by atoms with Crippen molar-refractivity contribution >= 4 is 11.9 Å². The molecular weight excluding hydrogens is 186 g/mol. The maximum atomic E-state index is 10.9. The Morgan fingerprint density at radius 3 is 2.29 bits per heavy atom. The molecule has 14 heavy (non-hydrogen) atoms. The normalized spacial score (nSPS) is 10.9. The van der Waals surface area contributed by atoms with Gasteiger partial charge in [-0.05, 0) is 13.8 Å². The van der Waals surface area contributed by atoms with E-state index in [9.17, 15) is 9.59 Å². The fourth-order valence-electron chi connectivity index (χ4n) is 0.765. The fourth-order valence-corrected chi connectivity index (χ4v) is 0.765. The summed E-state index contributed by atoms with van der Waals surface area (Å²) >= 11 is 0. The number of hydrogen-bond donors (Lipinski definition) is 1. The molecule has 80 valence electrons. The summed E-state index contributed by atoms with van der Waals surface area (Å²) in [6.45, 7) is 3.96. The van der Waals surface area contributed by atoms with Crippen molar-refractivity contribution in [2.45, 2.75) is 20.3 Å². The number of carbonyl (C=O) groups excluding carboxylic acids is 2. The lowest BCUT2D eigenvalue weighted by Crippen LogP contribution is -2.12. The summed E-state index contributed by atoms with van der Waals surface area (Å²) in [5, 5.41) is 0. The van der Waals surface area contributed by atoms with Gasteiger partial charge in [0, 0.05) is 11.8 Å². The van der Waals surface area contributed by atoms with E-state index in [0.29, 0.717) is 6.61 Å². The van der Waals surface area contributed by atoms with Crippen molar-refractivity contribution < 1.29 is 19.1 Å². The monoisotopic (exact) mass is 201 g/mol. The van der Waals surface area contributed by atoms with Crippen LogP contribution in [0, 0.1) is 0 Å². The molecule has 0 unspecified atom stereocenters. The molecule has 0 amide bonds. The summed E-state index contributed by atoms with van der Waals surface area (Å²) in [6, 6.07) is 0. The van der Waals surface area contributed by atoms with Gasteiger partial charge >= 0.3 is 11.9 Å². The van der Waals surface area contributed by atoms with Crippen LogP contribution in [0.3, 0.4) is 0 Å². The first kappa shape index (κ1) is 12.5. The van der Waals surface area contributed by atoms with Gasteiger partial charge < -0.3 is 15.2 Å². The third-order valence-electron chi connectivity index (χ3n) is 1.24. The zero-order valence-electron chi connectivity index (χ0n) is 8.41. The molecule has 0 aromatic carbocycles. The zero-order chi connectivity index (χ0) is 11.0. The third kappa shape index (κ3) is 6.05. The van der Waals surface area contributed by atoms with E-state index in [-0.39, 0.29) is 18.7 Å². The molecule has 2 N–H and O–H groups in total. The minimum Gasteiger partial charge on any atom is -0.466 e. The van der Waals surface area contributed by atoms with Gasteiger partial charge in [0.05, 0.1) is 19.6 Å². The van der Waals surface area contributed by atoms with E-state index in [0.717, 1.165) is 6.08 Å². The van der Waals surface area contributed by atoms with Gasteiger partial charge in [0.1, 0.15) is 0 Å². The Balaban J connectivity index is 3.99. The highest BCUT2D eigenvalue weighted by molar-refractivity contribution is 5.84. The lowest BCUT2D eigenvalue weighted by molar-refractivity contribution is -0.142. The molecule has 0 atom stereocenters. The van der Waals surface area contributed by atoms with Gasteiger partial charge in [0.15, 0.2) is 0 Å². The van der Waals surface area contributed by atoms with Gasteiger partial charge in [0.25, 0.3) is 0 Å². The van der Waals surface area contributed by atoms with Crippen molar-refractivity contribution in [1.29, 1.82) is 0 Å². The molecule has 0 aliphatic heterocycles. The number of carbonyl (C=O) groups is 2. The highest BCUT2D eigenvalue weighted by Crippen LogP contribution is 1.96. The number of ether oxygens (including phenoxy) is 2. The van der Waals surface area contributed by atoms with E-state index in [1.54, 1.807) is 13.8 Å². The molecule has 0 saturated carbocycles. The largest absolute Gasteiger partial charge is 0.466 e. The maximum Gasteiger partial charge on any atom is 0.332 e. The van der Waals surface area contributed by atoms with Gasteiger partial charge in [-0.3, -0.25) is 4.79 Å². The molecule has 0 fully saturated rings. The summed E-state index contributed by atoms with van der Waals surface area (Å²) in [5.74, 6) is -1.00. The Morgan fingerprint density at radius 1 is 1.21 bits per heavy atom. The van der Waals surface area contributed by atoms with Crippen molar-refractivity contribution in [2.24, 2.45) is 5.73 Å². The Labute approximate surface area is 82.9 Å². The van der Waals surface area contributed by atoms with Gasteiger partial charge in [-0.2, -0.15) is 0 Å². The summed E-state index contributed by atoms with van der Waals surface area (Å²) in [4.78, 5) is 21.8. The molecule has 0 aliphatic carbocycles. The maximum absolute atomic E-state index is 10.9. The van der Waals surface area contributed by atoms with Gasteiger partial charge in [-0.1, -0.05) is 0 Å². The van der Waals surface area contributed by atoms with Crippen LogP contribution in [0.1, 0.15) is 20.3 Å². The molecule has 0 spiro atoms. The quantitative estimate of drug-likeness (QED) is 0.512. The van der Waals surface area contributed by atoms with E-state index >= 15 is 0 Å². The van der Waals surface area contributed by atoms with Crippen molar-refractivity contribution in [3.8, 4) is 0 Å². The average Bonchev–Trinajstić information content (AvgIpc) is 2.03. The minimum absolute atomic E-state index is 0.0906. The summed E-state index contributed by atoms with van der Waals surface area (Å²) in [5.41, 5.74) is 5.54. The molecule has 0 heterocycles. The van der Waals surface area contributed by atoms with Gasteiger partial charge in [-0.25, -0.2) is 4.79 Å². The molecule has 0 bridgehead atoms. The van der Waals surface area contributed by atoms with Crippen LogP contribution in [0.25, 0.3) is 0 Å². The highest BCUT2D eigenvalue weighted by Gasteiger charge is 2.05. The van der Waals surface area contributed by atoms with Crippen LogP contribution in [-0.4, -0.2) is 25.2 Å². The van der Waals surface area contributed by atoms with Crippen LogP contribution in [0.4, 0.5) is 0 Å². The SMILES string of the molecule is CCOC(=O)/C=C(\N)CC(=O)OCC. The summed E-state index contributed by atoms with van der Waals surface area (Å²) < 4.78 is 9.25. The second-order valence-electron chi connectivity index (χ2n) is 2.45. The molecule has 0 aromatic heterocycles. The molecular formula is C9H15NO4. The van der Waals surface area contributed by atoms with Crippen LogP contribution in [-0.2, 0) is 19.1 Å². The van der Waals surface area contributed by atoms with E-state index in [1.165, 1.54) is 0 Å². The number of nitrogens with two attached hydrogens (primary N) is 1. The van der Waals surface area contributed by atoms with Gasteiger partial charge in [0.2, 0.25) is 0 Å². The van der Waals surface area contributed by atoms with Crippen LogP contribution in [0.15, 0.2) is 11.8 Å². The number of esters is 2. The van der Waals surface area contributed by atoms with Crippen molar-refractivity contribution in [2.75, 3.05) is 13.2 Å². The second kappa shape index (κ2) is 6.94. The van der Waals surface area contributed by atoms with Crippen LogP contribution in [0.5, 0.6) is 0 Å². The molecule has 5 heteroatoms. The van der Waals surface area contributed by atoms with Crippen molar-refractivity contribution in [3.05, 3.63) is 11.8 Å². The average molecular weight is 201 g/mol. The molecule has 0 rings (SSSR count). The highest BCUT2D eigenvalue weighted by atomic mass is 16.5. The summed E-state index contributed by atoms with van der Waals surface area (Å²) in [6.07, 6.45) is 0.993. The first-order chi connectivity index (χ1) is 6.60. The first-order valence-electron chi connectivity index (χ1n) is 4.38. The third-order valence-corrected chi connectivity index (χ3v) is 1.24. The molecule has 0 saturated heterocycles. The Bertz CT molecular complexity index is 235. The molecule has 5 nitrogen and oxygen atoms in total. The van der Waals surface area contributed by atoms with Crippen LogP contribution < -0.4 is 5.73 Å². The van der Waals surface area contributed by atoms with E-state index < -0.39 is 11.9 Å². The summed E-state index contributed by atoms with van der Waals surface area (Å²) in [7, 11) is 0. The first-order valence-corrected chi connectivity index (χ1v) is 4.38. The lowest BCUT2D eigenvalue weighted by Gasteiger charge is -2.01. The molecule has 0 aromatic rings.